The maximum absolute atomic E-state index is 11.8. The van der Waals surface area contributed by atoms with Crippen molar-refractivity contribution in [3.63, 3.8) is 0 Å². The zero-order valence-electron chi connectivity index (χ0n) is 16.2. The van der Waals surface area contributed by atoms with Gasteiger partial charge in [0.2, 0.25) is 0 Å². The highest BCUT2D eigenvalue weighted by Crippen LogP contribution is 2.50. The molecule has 0 spiro atoms. The monoisotopic (exact) mass is 406 g/mol. The van der Waals surface area contributed by atoms with E-state index in [1.807, 2.05) is 42.5 Å². The maximum atomic E-state index is 11.8. The summed E-state index contributed by atoms with van der Waals surface area (Å²) < 4.78 is 0. The molecule has 2 aliphatic heterocycles. The number of anilines is 1. The standard InChI is InChI=1S/C23H23ClN4O/c24-15-8-9-19-18(14-15)20-16-6-2-3-7-17(16)22(27-29)21(20)23(26-19)25-10-13-28-11-4-1-5-12-28/h2-3,6-9,14,25-26H,1,4-5,10-13H2. The van der Waals surface area contributed by atoms with Gasteiger partial charge in [-0.1, -0.05) is 42.3 Å². The molecule has 148 valence electrons. The van der Waals surface area contributed by atoms with Crippen LogP contribution >= 0.6 is 11.6 Å². The normalized spacial score (nSPS) is 15.3. The number of piperidine rings is 1. The lowest BCUT2D eigenvalue weighted by molar-refractivity contribution is 0.237. The van der Waals surface area contributed by atoms with Crippen LogP contribution in [-0.4, -0.2) is 36.1 Å². The third-order valence-corrected chi connectivity index (χ3v) is 6.20. The first-order valence-electron chi connectivity index (χ1n) is 10.2. The lowest BCUT2D eigenvalue weighted by Gasteiger charge is -2.26. The first kappa shape index (κ1) is 18.4. The first-order valence-corrected chi connectivity index (χ1v) is 10.6. The summed E-state index contributed by atoms with van der Waals surface area (Å²) in [7, 11) is 0. The van der Waals surface area contributed by atoms with E-state index < -0.39 is 0 Å². The third-order valence-electron chi connectivity index (χ3n) is 5.97. The Morgan fingerprint density at radius 1 is 1.00 bits per heavy atom. The summed E-state index contributed by atoms with van der Waals surface area (Å²) in [4.78, 5) is 17.8. The summed E-state index contributed by atoms with van der Waals surface area (Å²) in [5.41, 5.74) is 3.33. The molecule has 0 atom stereocenters. The van der Waals surface area contributed by atoms with E-state index in [0.29, 0.717) is 10.7 Å². The molecule has 2 N–H and O–H groups in total. The van der Waals surface area contributed by atoms with Crippen molar-refractivity contribution in [2.75, 3.05) is 31.5 Å². The molecule has 0 radical (unpaired) electrons. The van der Waals surface area contributed by atoms with Crippen LogP contribution in [0, 0.1) is 4.91 Å². The van der Waals surface area contributed by atoms with Crippen LogP contribution in [0.3, 0.4) is 0 Å². The van der Waals surface area contributed by atoms with Gasteiger partial charge in [-0.2, -0.15) is 0 Å². The van der Waals surface area contributed by atoms with Crippen molar-refractivity contribution in [2.24, 2.45) is 5.18 Å². The molecule has 5 nitrogen and oxygen atoms in total. The number of rotatable bonds is 5. The van der Waals surface area contributed by atoms with Gasteiger partial charge in [-0.05, 0) is 54.7 Å². The third kappa shape index (κ3) is 3.24. The molecule has 2 aromatic carbocycles. The number of nitrogens with one attached hydrogen (secondary N) is 2. The Balaban J connectivity index is 1.63. The molecule has 2 aromatic rings. The van der Waals surface area contributed by atoms with Gasteiger partial charge in [0.05, 0.1) is 5.56 Å². The van der Waals surface area contributed by atoms with Crippen LogP contribution < -0.4 is 5.32 Å². The molecule has 5 rings (SSSR count). The molecule has 0 aromatic heterocycles. The molecule has 6 heteroatoms. The van der Waals surface area contributed by atoms with Gasteiger partial charge >= 0.3 is 0 Å². The molecule has 1 saturated heterocycles. The number of nitroso groups, excluding NO2 is 1. The van der Waals surface area contributed by atoms with Crippen LogP contribution in [0.4, 0.5) is 11.5 Å². The number of halogens is 1. The van der Waals surface area contributed by atoms with Crippen molar-refractivity contribution >= 4 is 44.8 Å². The zero-order valence-corrected chi connectivity index (χ0v) is 16.9. The van der Waals surface area contributed by atoms with Crippen molar-refractivity contribution in [3.05, 3.63) is 52.4 Å². The number of hydrogen-bond acceptors (Lipinski definition) is 4. The number of aromatic amines is 1. The number of likely N-dealkylation sites (tertiary alicyclic amines) is 1. The fourth-order valence-electron chi connectivity index (χ4n) is 4.60. The van der Waals surface area contributed by atoms with Crippen molar-refractivity contribution in [2.45, 2.75) is 19.3 Å². The molecule has 2 heterocycles. The van der Waals surface area contributed by atoms with Gasteiger partial charge in [0.25, 0.3) is 0 Å². The smallest absolute Gasteiger partial charge is 0.127 e. The molecule has 1 aliphatic carbocycles. The molecular weight excluding hydrogens is 384 g/mol. The summed E-state index contributed by atoms with van der Waals surface area (Å²) in [5.74, 6) is 0.845. The van der Waals surface area contributed by atoms with E-state index in [9.17, 15) is 4.91 Å². The zero-order chi connectivity index (χ0) is 19.8. The maximum Gasteiger partial charge on any atom is 0.127 e. The van der Waals surface area contributed by atoms with Crippen LogP contribution in [0.15, 0.2) is 47.6 Å². The highest BCUT2D eigenvalue weighted by atomic mass is 35.5. The Labute approximate surface area is 174 Å². The number of aromatic nitrogens is 1. The molecule has 0 unspecified atom stereocenters. The lowest BCUT2D eigenvalue weighted by Crippen LogP contribution is -2.33. The van der Waals surface area contributed by atoms with Crippen molar-refractivity contribution < 1.29 is 0 Å². The Kier molecular flexibility index (Phi) is 4.86. The van der Waals surface area contributed by atoms with Crippen molar-refractivity contribution in [1.29, 1.82) is 0 Å². The van der Waals surface area contributed by atoms with Gasteiger partial charge in [0.1, 0.15) is 11.5 Å². The fourth-order valence-corrected chi connectivity index (χ4v) is 4.77. The summed E-state index contributed by atoms with van der Waals surface area (Å²) in [6.45, 7) is 4.12. The number of benzene rings is 2. The average Bonchev–Trinajstić information content (AvgIpc) is 3.10. The minimum Gasteiger partial charge on any atom is -0.370 e. The minimum absolute atomic E-state index is 0.481. The Hall–Kier alpha value is -2.63. The van der Waals surface area contributed by atoms with Crippen LogP contribution in [0.2, 0.25) is 5.02 Å². The first-order chi connectivity index (χ1) is 14.3. The van der Waals surface area contributed by atoms with E-state index in [2.05, 4.69) is 20.4 Å². The van der Waals surface area contributed by atoms with Crippen LogP contribution in [0.1, 0.15) is 19.3 Å². The Morgan fingerprint density at radius 3 is 2.59 bits per heavy atom. The SMILES string of the molecule is O=Nc1c2c(NCCN3CCCCC3)[nH]c3ccc(Cl)cc3c-2c2ccccc12. The molecule has 0 bridgehead atoms. The molecule has 0 saturated carbocycles. The van der Waals surface area contributed by atoms with Crippen LogP contribution in [-0.2, 0) is 0 Å². The second kappa shape index (κ2) is 7.65. The van der Waals surface area contributed by atoms with E-state index in [-0.39, 0.29) is 0 Å². The van der Waals surface area contributed by atoms with Crippen LogP contribution in [0.25, 0.3) is 32.8 Å². The van der Waals surface area contributed by atoms with E-state index in [1.54, 1.807) is 0 Å². The Morgan fingerprint density at radius 2 is 1.79 bits per heavy atom. The van der Waals surface area contributed by atoms with E-state index >= 15 is 0 Å². The summed E-state index contributed by atoms with van der Waals surface area (Å²) in [6, 6.07) is 13.8. The second-order valence-corrected chi connectivity index (χ2v) is 8.19. The van der Waals surface area contributed by atoms with Crippen LogP contribution in [0.5, 0.6) is 0 Å². The Bertz CT molecular complexity index is 1160. The van der Waals surface area contributed by atoms with Gasteiger partial charge in [0, 0.05) is 40.0 Å². The van der Waals surface area contributed by atoms with Gasteiger partial charge < -0.3 is 15.2 Å². The predicted octanol–water partition coefficient (Wildman–Crippen LogP) is 6.38. The van der Waals surface area contributed by atoms with E-state index in [4.69, 9.17) is 11.6 Å². The van der Waals surface area contributed by atoms with Gasteiger partial charge in [-0.15, -0.1) is 4.91 Å². The molecule has 0 amide bonds. The van der Waals surface area contributed by atoms with Gasteiger partial charge in [-0.3, -0.25) is 0 Å². The minimum atomic E-state index is 0.481. The largest absolute Gasteiger partial charge is 0.370 e. The molecule has 29 heavy (non-hydrogen) atoms. The average molecular weight is 407 g/mol. The fraction of sp³-hybridized carbons (Fsp3) is 0.304. The second-order valence-electron chi connectivity index (χ2n) is 7.75. The van der Waals surface area contributed by atoms with Crippen molar-refractivity contribution in [1.82, 2.24) is 9.88 Å². The number of nitrogens with zero attached hydrogens (tertiary/aromatic N) is 2. The topological polar surface area (TPSA) is 60.5 Å². The highest BCUT2D eigenvalue weighted by Gasteiger charge is 2.25. The molecule has 3 aliphatic rings. The summed E-state index contributed by atoms with van der Waals surface area (Å²) in [6.07, 6.45) is 3.89. The molecule has 1 fully saturated rings. The predicted molar refractivity (Wildman–Crippen MR) is 122 cm³/mol. The quantitative estimate of drug-likeness (QED) is 0.378. The van der Waals surface area contributed by atoms with E-state index in [0.717, 1.165) is 51.7 Å². The van der Waals surface area contributed by atoms with Gasteiger partial charge in [0.15, 0.2) is 0 Å². The lowest BCUT2D eigenvalue weighted by atomic mass is 10.0. The summed E-state index contributed by atoms with van der Waals surface area (Å²) >= 11 is 6.30. The summed E-state index contributed by atoms with van der Waals surface area (Å²) in [5, 5.41) is 10.5. The number of pyridine rings is 1. The number of H-pyrrole nitrogens is 1. The number of hydrogen-bond donors (Lipinski definition) is 2. The van der Waals surface area contributed by atoms with E-state index in [1.165, 1.54) is 32.4 Å². The molecular formula is C23H23ClN4O. The highest BCUT2D eigenvalue weighted by molar-refractivity contribution is 6.32. The van der Waals surface area contributed by atoms with Gasteiger partial charge in [-0.25, -0.2) is 0 Å². The number of fused-ring (bicyclic) bond motifs is 5. The van der Waals surface area contributed by atoms with Crippen molar-refractivity contribution in [3.8, 4) is 11.1 Å².